The molecule has 0 aromatic heterocycles. The number of benzene rings is 3. The van der Waals surface area contributed by atoms with Crippen LogP contribution in [-0.2, 0) is 9.59 Å². The third kappa shape index (κ3) is 5.41. The fourth-order valence-electron chi connectivity index (χ4n) is 3.39. The molecule has 0 saturated carbocycles. The van der Waals surface area contributed by atoms with E-state index in [-0.39, 0.29) is 27.2 Å². The second-order valence-corrected chi connectivity index (χ2v) is 9.71. The van der Waals surface area contributed by atoms with E-state index in [4.69, 9.17) is 16.3 Å². The number of ether oxygens (including phenoxy) is 1. The van der Waals surface area contributed by atoms with Crippen molar-refractivity contribution in [1.82, 2.24) is 5.32 Å². The summed E-state index contributed by atoms with van der Waals surface area (Å²) >= 11 is 12.5. The van der Waals surface area contributed by atoms with Crippen LogP contribution in [0.15, 0.2) is 69.1 Å². The van der Waals surface area contributed by atoms with Gasteiger partial charge in [-0.2, -0.15) is 0 Å². The SMILES string of the molecule is O=C1NC(=O)N(c2ccc(Cl)cc2)C(=O)/C1=C/c1cc(Br)cc(Br)c1Oc1ccc([N+](=O)[O-])cc1[N+](=O)[O-]. The lowest BCUT2D eigenvalue weighted by atomic mass is 10.1. The van der Waals surface area contributed by atoms with E-state index in [9.17, 15) is 34.6 Å². The Bertz CT molecular complexity index is 1580. The molecule has 1 fully saturated rings. The molecule has 0 atom stereocenters. The molecule has 4 amide bonds. The van der Waals surface area contributed by atoms with E-state index in [1.807, 2.05) is 0 Å². The largest absolute Gasteiger partial charge is 0.448 e. The number of nitrogens with one attached hydrogen (secondary N) is 1. The Morgan fingerprint density at radius 2 is 1.63 bits per heavy atom. The Morgan fingerprint density at radius 3 is 2.26 bits per heavy atom. The highest BCUT2D eigenvalue weighted by atomic mass is 79.9. The first-order valence-corrected chi connectivity index (χ1v) is 12.2. The third-order valence-electron chi connectivity index (χ3n) is 5.09. The minimum Gasteiger partial charge on any atom is -0.448 e. The lowest BCUT2D eigenvalue weighted by Gasteiger charge is -2.26. The van der Waals surface area contributed by atoms with Gasteiger partial charge in [-0.15, -0.1) is 0 Å². The Labute approximate surface area is 234 Å². The molecule has 0 spiro atoms. The fraction of sp³-hybridized carbons (Fsp3) is 0. The van der Waals surface area contributed by atoms with E-state index in [1.165, 1.54) is 30.3 Å². The molecule has 1 aliphatic heterocycles. The van der Waals surface area contributed by atoms with Crippen LogP contribution in [0.25, 0.3) is 6.08 Å². The van der Waals surface area contributed by atoms with E-state index in [2.05, 4.69) is 37.2 Å². The van der Waals surface area contributed by atoms with E-state index in [0.29, 0.717) is 9.50 Å². The van der Waals surface area contributed by atoms with Gasteiger partial charge in [0.05, 0.1) is 26.1 Å². The van der Waals surface area contributed by atoms with Gasteiger partial charge in [0.25, 0.3) is 17.5 Å². The number of nitro benzene ring substituents is 2. The number of nitro groups is 2. The molecule has 0 aliphatic carbocycles. The number of rotatable bonds is 6. The van der Waals surface area contributed by atoms with Crippen molar-refractivity contribution in [3.8, 4) is 11.5 Å². The molecule has 12 nitrogen and oxygen atoms in total. The molecule has 0 unspecified atom stereocenters. The van der Waals surface area contributed by atoms with Gasteiger partial charge in [-0.1, -0.05) is 27.5 Å². The standard InChI is InChI=1S/C23H11Br2ClN4O8/c24-12-7-11(8-16-21(31)27-23(33)28(22(16)32)14-3-1-13(26)2-4-14)20(17(25)9-12)38-19-6-5-15(29(34)35)10-18(19)30(36)37/h1-10H,(H,27,31,33)/b16-8+. The Kier molecular flexibility index (Phi) is 7.57. The van der Waals surface area contributed by atoms with Gasteiger partial charge in [-0.3, -0.25) is 35.1 Å². The molecule has 1 aliphatic rings. The summed E-state index contributed by atoms with van der Waals surface area (Å²) in [5, 5.41) is 25.1. The predicted molar refractivity (Wildman–Crippen MR) is 142 cm³/mol. The number of urea groups is 1. The molecule has 0 radical (unpaired) electrons. The van der Waals surface area contributed by atoms with Gasteiger partial charge >= 0.3 is 11.7 Å². The van der Waals surface area contributed by atoms with E-state index in [1.54, 1.807) is 6.07 Å². The van der Waals surface area contributed by atoms with Crippen LogP contribution in [-0.4, -0.2) is 27.7 Å². The van der Waals surface area contributed by atoms with Crippen LogP contribution in [0.1, 0.15) is 5.56 Å². The zero-order chi connectivity index (χ0) is 27.7. The fourth-order valence-corrected chi connectivity index (χ4v) is 4.86. The van der Waals surface area contributed by atoms with Gasteiger partial charge in [0.15, 0.2) is 0 Å². The van der Waals surface area contributed by atoms with Gasteiger partial charge in [0.1, 0.15) is 11.3 Å². The number of halogens is 3. The minimum absolute atomic E-state index is 0.0480. The molecule has 38 heavy (non-hydrogen) atoms. The summed E-state index contributed by atoms with van der Waals surface area (Å²) in [6, 6.07) is 10.6. The summed E-state index contributed by atoms with van der Waals surface area (Å²) in [6.07, 6.45) is 1.15. The zero-order valence-electron chi connectivity index (χ0n) is 18.5. The number of anilines is 1. The Balaban J connectivity index is 1.81. The molecule has 1 heterocycles. The number of carbonyl (C=O) groups excluding carboxylic acids is 3. The first-order valence-electron chi connectivity index (χ1n) is 10.2. The van der Waals surface area contributed by atoms with Crippen molar-refractivity contribution in [3.05, 3.63) is 99.9 Å². The summed E-state index contributed by atoms with van der Waals surface area (Å²) in [4.78, 5) is 60.1. The first-order chi connectivity index (χ1) is 18.0. The van der Waals surface area contributed by atoms with Crippen LogP contribution in [0.3, 0.4) is 0 Å². The van der Waals surface area contributed by atoms with Crippen molar-refractivity contribution in [2.24, 2.45) is 0 Å². The molecule has 4 rings (SSSR count). The lowest BCUT2D eigenvalue weighted by molar-refractivity contribution is -0.394. The second kappa shape index (κ2) is 10.7. The Hall–Kier alpha value is -4.14. The number of nitrogens with zero attached hydrogens (tertiary/aromatic N) is 3. The summed E-state index contributed by atoms with van der Waals surface area (Å²) in [6.45, 7) is 0. The summed E-state index contributed by atoms with van der Waals surface area (Å²) in [5.74, 6) is -2.30. The maximum absolute atomic E-state index is 13.2. The third-order valence-corrected chi connectivity index (χ3v) is 6.38. The van der Waals surface area contributed by atoms with Crippen molar-refractivity contribution in [3.63, 3.8) is 0 Å². The highest BCUT2D eigenvalue weighted by Crippen LogP contribution is 2.41. The molecular formula is C23H11Br2ClN4O8. The summed E-state index contributed by atoms with van der Waals surface area (Å²) < 4.78 is 6.51. The number of hydrogen-bond donors (Lipinski definition) is 1. The number of non-ortho nitro benzene ring substituents is 1. The maximum Gasteiger partial charge on any atom is 0.335 e. The van der Waals surface area contributed by atoms with Crippen molar-refractivity contribution in [1.29, 1.82) is 0 Å². The van der Waals surface area contributed by atoms with Gasteiger partial charge in [-0.25, -0.2) is 9.69 Å². The van der Waals surface area contributed by atoms with Gasteiger partial charge in [0, 0.05) is 21.1 Å². The normalized spacial score (nSPS) is 14.4. The van der Waals surface area contributed by atoms with Crippen LogP contribution in [0.5, 0.6) is 11.5 Å². The van der Waals surface area contributed by atoms with Crippen LogP contribution >= 0.6 is 43.5 Å². The highest BCUT2D eigenvalue weighted by molar-refractivity contribution is 9.11. The monoisotopic (exact) mass is 664 g/mol. The van der Waals surface area contributed by atoms with Crippen molar-refractivity contribution >= 4 is 84.4 Å². The predicted octanol–water partition coefficient (Wildman–Crippen LogP) is 6.14. The molecule has 1 saturated heterocycles. The molecule has 15 heteroatoms. The van der Waals surface area contributed by atoms with Crippen LogP contribution in [0, 0.1) is 20.2 Å². The smallest absolute Gasteiger partial charge is 0.335 e. The molecule has 3 aromatic rings. The number of carbonyl (C=O) groups is 3. The summed E-state index contributed by atoms with van der Waals surface area (Å²) in [5.41, 5.74) is -1.37. The molecule has 3 aromatic carbocycles. The second-order valence-electron chi connectivity index (χ2n) is 7.51. The van der Waals surface area contributed by atoms with E-state index >= 15 is 0 Å². The molecule has 192 valence electrons. The maximum atomic E-state index is 13.2. The van der Waals surface area contributed by atoms with Gasteiger partial charge < -0.3 is 4.74 Å². The molecule has 1 N–H and O–H groups in total. The van der Waals surface area contributed by atoms with Crippen molar-refractivity contribution < 1.29 is 29.0 Å². The number of amides is 4. The van der Waals surface area contributed by atoms with Gasteiger partial charge in [0.2, 0.25) is 5.75 Å². The number of hydrogen-bond acceptors (Lipinski definition) is 8. The van der Waals surface area contributed by atoms with Crippen molar-refractivity contribution in [2.45, 2.75) is 0 Å². The van der Waals surface area contributed by atoms with E-state index in [0.717, 1.165) is 29.2 Å². The van der Waals surface area contributed by atoms with Gasteiger partial charge in [-0.05, 0) is 64.5 Å². The topological polar surface area (TPSA) is 162 Å². The first kappa shape index (κ1) is 26.9. The minimum atomic E-state index is -0.978. The zero-order valence-corrected chi connectivity index (χ0v) is 22.4. The molecular weight excluding hydrogens is 656 g/mol. The number of imide groups is 2. The number of barbiturate groups is 1. The average molecular weight is 667 g/mol. The van der Waals surface area contributed by atoms with Crippen LogP contribution in [0.2, 0.25) is 5.02 Å². The lowest BCUT2D eigenvalue weighted by Crippen LogP contribution is -2.54. The average Bonchev–Trinajstić information content (AvgIpc) is 2.84. The molecule has 0 bridgehead atoms. The highest BCUT2D eigenvalue weighted by Gasteiger charge is 2.37. The quantitative estimate of drug-likeness (QED) is 0.142. The van der Waals surface area contributed by atoms with E-state index < -0.39 is 44.6 Å². The Morgan fingerprint density at radius 1 is 0.947 bits per heavy atom. The van der Waals surface area contributed by atoms with Crippen molar-refractivity contribution in [2.75, 3.05) is 4.90 Å². The van der Waals surface area contributed by atoms with Crippen LogP contribution < -0.4 is 15.0 Å². The summed E-state index contributed by atoms with van der Waals surface area (Å²) in [7, 11) is 0. The van der Waals surface area contributed by atoms with Crippen LogP contribution in [0.4, 0.5) is 21.9 Å².